The number of hydrogen-bond donors (Lipinski definition) is 1. The fraction of sp³-hybridized carbons (Fsp3) is 0.357. The summed E-state index contributed by atoms with van der Waals surface area (Å²) in [5.74, 6) is -0.0841. The van der Waals surface area contributed by atoms with Gasteiger partial charge in [-0.05, 0) is 37.1 Å². The minimum absolute atomic E-state index is 0.0194. The maximum absolute atomic E-state index is 13.8. The summed E-state index contributed by atoms with van der Waals surface area (Å²) in [5, 5.41) is 4.05. The Morgan fingerprint density at radius 3 is 2.95 bits per heavy atom. The van der Waals surface area contributed by atoms with E-state index in [9.17, 15) is 4.39 Å². The number of aromatic nitrogens is 2. The molecule has 4 nitrogen and oxygen atoms in total. The second kappa shape index (κ2) is 6.33. The van der Waals surface area contributed by atoms with E-state index >= 15 is 0 Å². The van der Waals surface area contributed by atoms with E-state index < -0.39 is 0 Å². The minimum atomic E-state index is -0.349. The van der Waals surface area contributed by atoms with Crippen LogP contribution >= 0.6 is 0 Å². The topological polar surface area (TPSA) is 53.1 Å². The van der Waals surface area contributed by atoms with Gasteiger partial charge in [-0.1, -0.05) is 6.07 Å². The van der Waals surface area contributed by atoms with Crippen molar-refractivity contribution in [1.82, 2.24) is 9.78 Å². The van der Waals surface area contributed by atoms with Crippen molar-refractivity contribution in [3.8, 4) is 5.75 Å². The van der Waals surface area contributed by atoms with Crippen molar-refractivity contribution in [3.05, 3.63) is 48.0 Å². The fourth-order valence-electron chi connectivity index (χ4n) is 1.84. The van der Waals surface area contributed by atoms with Crippen molar-refractivity contribution in [2.75, 3.05) is 6.61 Å². The number of benzene rings is 1. The molecule has 1 aromatic carbocycles. The Bertz CT molecular complexity index is 511. The van der Waals surface area contributed by atoms with E-state index in [-0.39, 0.29) is 17.6 Å². The van der Waals surface area contributed by atoms with E-state index in [1.54, 1.807) is 16.9 Å². The Labute approximate surface area is 112 Å². The van der Waals surface area contributed by atoms with Crippen LogP contribution < -0.4 is 10.5 Å². The highest BCUT2D eigenvalue weighted by Crippen LogP contribution is 2.19. The highest BCUT2D eigenvalue weighted by molar-refractivity contribution is 5.29. The monoisotopic (exact) mass is 263 g/mol. The molecular weight excluding hydrogens is 245 g/mol. The fourth-order valence-corrected chi connectivity index (χ4v) is 1.84. The molecule has 5 heteroatoms. The molecule has 19 heavy (non-hydrogen) atoms. The first-order valence-corrected chi connectivity index (χ1v) is 6.29. The lowest BCUT2D eigenvalue weighted by atomic mass is 10.1. The predicted molar refractivity (Wildman–Crippen MR) is 71.5 cm³/mol. The first-order valence-electron chi connectivity index (χ1n) is 6.29. The molecule has 0 saturated heterocycles. The van der Waals surface area contributed by atoms with Gasteiger partial charge in [-0.25, -0.2) is 4.39 Å². The molecule has 1 atom stereocenters. The summed E-state index contributed by atoms with van der Waals surface area (Å²) in [6, 6.07) is 6.83. The van der Waals surface area contributed by atoms with Crippen LogP contribution in [0.25, 0.3) is 0 Å². The van der Waals surface area contributed by atoms with Crippen molar-refractivity contribution < 1.29 is 9.13 Å². The zero-order chi connectivity index (χ0) is 13.7. The lowest BCUT2D eigenvalue weighted by molar-refractivity contribution is 0.278. The molecular formula is C14H18FN3O. The third-order valence-electron chi connectivity index (χ3n) is 2.69. The van der Waals surface area contributed by atoms with E-state index in [4.69, 9.17) is 10.5 Å². The highest BCUT2D eigenvalue weighted by Gasteiger charge is 2.06. The molecule has 0 fully saturated rings. The second-order valence-corrected chi connectivity index (χ2v) is 4.56. The van der Waals surface area contributed by atoms with Gasteiger partial charge in [-0.15, -0.1) is 0 Å². The van der Waals surface area contributed by atoms with Crippen LogP contribution in [0.15, 0.2) is 36.7 Å². The predicted octanol–water partition coefficient (Wildman–Crippen LogP) is 1.99. The van der Waals surface area contributed by atoms with Gasteiger partial charge in [-0.3, -0.25) is 4.68 Å². The number of rotatable bonds is 6. The van der Waals surface area contributed by atoms with Gasteiger partial charge in [0, 0.05) is 18.4 Å². The maximum Gasteiger partial charge on any atom is 0.165 e. The average molecular weight is 263 g/mol. The van der Waals surface area contributed by atoms with Gasteiger partial charge in [0.25, 0.3) is 0 Å². The Balaban J connectivity index is 1.90. The van der Waals surface area contributed by atoms with Crippen LogP contribution in [0.3, 0.4) is 0 Å². The van der Waals surface area contributed by atoms with Crippen LogP contribution in [0.1, 0.15) is 12.5 Å². The maximum atomic E-state index is 13.8. The molecule has 0 aliphatic rings. The van der Waals surface area contributed by atoms with E-state index in [1.165, 1.54) is 6.07 Å². The molecule has 0 spiro atoms. The molecule has 2 rings (SSSR count). The van der Waals surface area contributed by atoms with Gasteiger partial charge < -0.3 is 10.5 Å². The van der Waals surface area contributed by atoms with E-state index in [0.29, 0.717) is 19.6 Å². The molecule has 0 bridgehead atoms. The molecule has 0 amide bonds. The third-order valence-corrected chi connectivity index (χ3v) is 2.69. The van der Waals surface area contributed by atoms with Crippen LogP contribution in [0, 0.1) is 5.82 Å². The molecule has 1 aromatic heterocycles. The zero-order valence-electron chi connectivity index (χ0n) is 10.9. The number of nitrogens with zero attached hydrogens (tertiary/aromatic N) is 2. The third kappa shape index (κ3) is 4.06. The van der Waals surface area contributed by atoms with Gasteiger partial charge >= 0.3 is 0 Å². The van der Waals surface area contributed by atoms with Crippen LogP contribution in [0.4, 0.5) is 4.39 Å². The smallest absolute Gasteiger partial charge is 0.165 e. The largest absolute Gasteiger partial charge is 0.489 e. The lowest BCUT2D eigenvalue weighted by Crippen LogP contribution is -2.17. The Kier molecular flexibility index (Phi) is 4.52. The van der Waals surface area contributed by atoms with Gasteiger partial charge in [0.2, 0.25) is 0 Å². The van der Waals surface area contributed by atoms with Crippen molar-refractivity contribution in [2.24, 2.45) is 5.73 Å². The normalized spacial score (nSPS) is 12.4. The molecule has 1 heterocycles. The van der Waals surface area contributed by atoms with Gasteiger partial charge in [-0.2, -0.15) is 5.10 Å². The van der Waals surface area contributed by atoms with Gasteiger partial charge in [0.15, 0.2) is 11.6 Å². The van der Waals surface area contributed by atoms with Crippen molar-refractivity contribution >= 4 is 0 Å². The van der Waals surface area contributed by atoms with E-state index in [1.807, 2.05) is 25.3 Å². The number of nitrogens with two attached hydrogens (primary N) is 1. The molecule has 0 saturated carbocycles. The van der Waals surface area contributed by atoms with Crippen molar-refractivity contribution in [3.63, 3.8) is 0 Å². The van der Waals surface area contributed by atoms with Gasteiger partial charge in [0.1, 0.15) is 6.61 Å². The van der Waals surface area contributed by atoms with Crippen molar-refractivity contribution in [2.45, 2.75) is 25.9 Å². The van der Waals surface area contributed by atoms with Crippen molar-refractivity contribution in [1.29, 1.82) is 0 Å². The quantitative estimate of drug-likeness (QED) is 0.867. The Hall–Kier alpha value is -1.88. The Morgan fingerprint density at radius 2 is 2.32 bits per heavy atom. The molecule has 2 N–H and O–H groups in total. The summed E-state index contributed by atoms with van der Waals surface area (Å²) < 4.78 is 20.9. The average Bonchev–Trinajstić information content (AvgIpc) is 2.84. The van der Waals surface area contributed by atoms with Crippen LogP contribution in [0.2, 0.25) is 0 Å². The number of halogens is 1. The summed E-state index contributed by atoms with van der Waals surface area (Å²) in [4.78, 5) is 0. The highest BCUT2D eigenvalue weighted by atomic mass is 19.1. The van der Waals surface area contributed by atoms with Crippen LogP contribution in [0.5, 0.6) is 5.75 Å². The van der Waals surface area contributed by atoms with E-state index in [2.05, 4.69) is 5.10 Å². The van der Waals surface area contributed by atoms with E-state index in [0.717, 1.165) is 5.56 Å². The minimum Gasteiger partial charge on any atom is -0.489 e. The second-order valence-electron chi connectivity index (χ2n) is 4.56. The summed E-state index contributed by atoms with van der Waals surface area (Å²) in [6.07, 6.45) is 4.19. The molecule has 1 unspecified atom stereocenters. The molecule has 102 valence electrons. The van der Waals surface area contributed by atoms with Crippen LogP contribution in [-0.4, -0.2) is 22.4 Å². The summed E-state index contributed by atoms with van der Waals surface area (Å²) in [7, 11) is 0. The SMILES string of the molecule is CC(N)Cc1ccc(OCCn2cccn2)c(F)c1. The molecule has 0 radical (unpaired) electrons. The van der Waals surface area contributed by atoms with Crippen LogP contribution in [-0.2, 0) is 13.0 Å². The first kappa shape index (κ1) is 13.5. The number of ether oxygens (including phenoxy) is 1. The first-order chi connectivity index (χ1) is 9.15. The lowest BCUT2D eigenvalue weighted by Gasteiger charge is -2.10. The standard InChI is InChI=1S/C14H18FN3O/c1-11(16)9-12-3-4-14(13(15)10-12)19-8-7-18-6-2-5-17-18/h2-6,10-11H,7-9,16H2,1H3. The van der Waals surface area contributed by atoms with Gasteiger partial charge in [0.05, 0.1) is 6.54 Å². The number of hydrogen-bond acceptors (Lipinski definition) is 3. The Morgan fingerprint density at radius 1 is 1.47 bits per heavy atom. The molecule has 2 aromatic rings. The molecule has 0 aliphatic carbocycles. The molecule has 0 aliphatic heterocycles. The zero-order valence-corrected chi connectivity index (χ0v) is 10.9. The summed E-state index contributed by atoms with van der Waals surface area (Å²) in [5.41, 5.74) is 6.56. The summed E-state index contributed by atoms with van der Waals surface area (Å²) >= 11 is 0. The summed E-state index contributed by atoms with van der Waals surface area (Å²) in [6.45, 7) is 2.87.